The topological polar surface area (TPSA) is 38.7 Å². The zero-order chi connectivity index (χ0) is 33.5. The molecule has 0 bridgehead atoms. The van der Waals surface area contributed by atoms with E-state index in [1.165, 1.54) is 50.1 Å². The molecule has 0 fully saturated rings. The first-order chi connectivity index (χ1) is 24.6. The first kappa shape index (κ1) is 29.9. The molecule has 3 heteroatoms. The van der Waals surface area contributed by atoms with E-state index in [9.17, 15) is 0 Å². The van der Waals surface area contributed by atoms with Crippen LogP contribution in [0.2, 0.25) is 0 Å². The number of rotatable bonds is 6. The maximum atomic E-state index is 5.02. The molecule has 0 N–H and O–H groups in total. The number of hydrogen-bond donors (Lipinski definition) is 0. The molecule has 2 aliphatic carbocycles. The molecule has 7 aromatic rings. The monoisotopic (exact) mass is 641 g/mol. The summed E-state index contributed by atoms with van der Waals surface area (Å²) in [7, 11) is 0. The number of benzene rings is 6. The zero-order valence-corrected chi connectivity index (χ0v) is 27.9. The smallest absolute Gasteiger partial charge is 0.164 e. The zero-order valence-electron chi connectivity index (χ0n) is 27.9. The lowest BCUT2D eigenvalue weighted by atomic mass is 9.74. The number of nitrogens with zero attached hydrogens (tertiary/aromatic N) is 3. The van der Waals surface area contributed by atoms with Gasteiger partial charge in [0.15, 0.2) is 17.5 Å². The van der Waals surface area contributed by atoms with Gasteiger partial charge in [-0.05, 0) is 93.6 Å². The summed E-state index contributed by atoms with van der Waals surface area (Å²) in [5, 5.41) is 0. The largest absolute Gasteiger partial charge is 0.209 e. The van der Waals surface area contributed by atoms with Crippen molar-refractivity contribution >= 4 is 11.1 Å². The maximum absolute atomic E-state index is 5.02. The molecular formula is C47H35N3. The fraction of sp³-hybridized carbons (Fsp3) is 0.0851. The average Bonchev–Trinajstić information content (AvgIpc) is 3.47. The van der Waals surface area contributed by atoms with E-state index in [0.717, 1.165) is 35.4 Å². The van der Waals surface area contributed by atoms with E-state index in [1.54, 1.807) is 0 Å². The van der Waals surface area contributed by atoms with Gasteiger partial charge in [-0.1, -0.05) is 152 Å². The molecule has 2 aliphatic rings. The van der Waals surface area contributed by atoms with E-state index < -0.39 is 0 Å². The Hall–Kier alpha value is -6.19. The second kappa shape index (κ2) is 12.4. The van der Waals surface area contributed by atoms with Crippen molar-refractivity contribution in [1.29, 1.82) is 0 Å². The highest BCUT2D eigenvalue weighted by Gasteiger charge is 2.40. The third-order valence-electron chi connectivity index (χ3n) is 10.3. The fourth-order valence-corrected chi connectivity index (χ4v) is 7.66. The highest BCUT2D eigenvalue weighted by molar-refractivity contribution is 5.88. The van der Waals surface area contributed by atoms with Gasteiger partial charge in [0.25, 0.3) is 0 Å². The van der Waals surface area contributed by atoms with Gasteiger partial charge in [0.05, 0.1) is 0 Å². The van der Waals surface area contributed by atoms with Crippen LogP contribution in [-0.2, 0) is 5.41 Å². The van der Waals surface area contributed by atoms with E-state index in [2.05, 4.69) is 140 Å². The summed E-state index contributed by atoms with van der Waals surface area (Å²) in [5.41, 5.74) is 14.3. The second-order valence-corrected chi connectivity index (χ2v) is 13.3. The van der Waals surface area contributed by atoms with E-state index in [-0.39, 0.29) is 5.41 Å². The Balaban J connectivity index is 1.10. The maximum Gasteiger partial charge on any atom is 0.164 e. The lowest BCUT2D eigenvalue weighted by molar-refractivity contribution is 0.714. The van der Waals surface area contributed by atoms with Crippen LogP contribution in [-0.4, -0.2) is 15.0 Å². The van der Waals surface area contributed by atoms with E-state index in [1.807, 2.05) is 36.4 Å². The van der Waals surface area contributed by atoms with Crippen molar-refractivity contribution < 1.29 is 0 Å². The molecule has 1 heterocycles. The fourth-order valence-electron chi connectivity index (χ4n) is 7.66. The van der Waals surface area contributed by atoms with Gasteiger partial charge in [0, 0.05) is 16.5 Å². The van der Waals surface area contributed by atoms with Crippen LogP contribution >= 0.6 is 0 Å². The van der Waals surface area contributed by atoms with Crippen LogP contribution in [0.25, 0.3) is 56.2 Å². The van der Waals surface area contributed by atoms with Crippen LogP contribution in [0.5, 0.6) is 0 Å². The quantitative estimate of drug-likeness (QED) is 0.181. The van der Waals surface area contributed by atoms with Crippen molar-refractivity contribution in [1.82, 2.24) is 15.0 Å². The van der Waals surface area contributed by atoms with Crippen molar-refractivity contribution in [3.63, 3.8) is 0 Å². The van der Waals surface area contributed by atoms with Crippen LogP contribution < -0.4 is 0 Å². The summed E-state index contributed by atoms with van der Waals surface area (Å²) >= 11 is 0. The van der Waals surface area contributed by atoms with Crippen molar-refractivity contribution in [2.24, 2.45) is 0 Å². The molecule has 50 heavy (non-hydrogen) atoms. The number of fused-ring (bicyclic) bond motifs is 3. The Morgan fingerprint density at radius 2 is 1.02 bits per heavy atom. The van der Waals surface area contributed by atoms with Crippen molar-refractivity contribution in [3.05, 3.63) is 198 Å². The Kier molecular flexibility index (Phi) is 7.39. The molecule has 9 rings (SSSR count). The predicted octanol–water partition coefficient (Wildman–Crippen LogP) is 11.5. The normalized spacial score (nSPS) is 16.3. The van der Waals surface area contributed by atoms with Gasteiger partial charge >= 0.3 is 0 Å². The van der Waals surface area contributed by atoms with Gasteiger partial charge in [-0.25, -0.2) is 15.0 Å². The minimum atomic E-state index is -0.230. The lowest BCUT2D eigenvalue weighted by Gasteiger charge is -2.28. The third-order valence-corrected chi connectivity index (χ3v) is 10.3. The molecule has 0 spiro atoms. The summed E-state index contributed by atoms with van der Waals surface area (Å²) in [6, 6.07) is 56.1. The first-order valence-electron chi connectivity index (χ1n) is 17.3. The Labute approximate surface area is 293 Å². The number of aromatic nitrogens is 3. The molecule has 1 aromatic heterocycles. The highest BCUT2D eigenvalue weighted by atomic mass is 15.0. The van der Waals surface area contributed by atoms with Gasteiger partial charge < -0.3 is 0 Å². The van der Waals surface area contributed by atoms with Gasteiger partial charge in [-0.15, -0.1) is 0 Å². The Bertz CT molecular complexity index is 2370. The molecule has 1 unspecified atom stereocenters. The van der Waals surface area contributed by atoms with Gasteiger partial charge in [0.1, 0.15) is 0 Å². The highest BCUT2D eigenvalue weighted by Crippen LogP contribution is 2.53. The van der Waals surface area contributed by atoms with Gasteiger partial charge in [-0.2, -0.15) is 0 Å². The minimum absolute atomic E-state index is 0.230. The van der Waals surface area contributed by atoms with Gasteiger partial charge in [-0.3, -0.25) is 0 Å². The van der Waals surface area contributed by atoms with Crippen molar-refractivity contribution in [2.45, 2.75) is 25.2 Å². The van der Waals surface area contributed by atoms with Crippen molar-refractivity contribution in [2.75, 3.05) is 0 Å². The molecule has 1 atom stereocenters. The molecule has 6 aromatic carbocycles. The average molecular weight is 642 g/mol. The minimum Gasteiger partial charge on any atom is -0.209 e. The summed E-state index contributed by atoms with van der Waals surface area (Å²) in [6.07, 6.45) is 6.41. The summed E-state index contributed by atoms with van der Waals surface area (Å²) in [5.74, 6) is 2.11. The Morgan fingerprint density at radius 3 is 1.74 bits per heavy atom. The molecule has 0 saturated carbocycles. The summed E-state index contributed by atoms with van der Waals surface area (Å²) < 4.78 is 0. The Morgan fingerprint density at radius 1 is 0.460 bits per heavy atom. The lowest BCUT2D eigenvalue weighted by Crippen LogP contribution is -2.22. The molecular weight excluding hydrogens is 607 g/mol. The predicted molar refractivity (Wildman–Crippen MR) is 205 cm³/mol. The van der Waals surface area contributed by atoms with Crippen LogP contribution in [0, 0.1) is 0 Å². The van der Waals surface area contributed by atoms with Crippen LogP contribution in [0.3, 0.4) is 0 Å². The first-order valence-corrected chi connectivity index (χ1v) is 17.3. The summed E-state index contributed by atoms with van der Waals surface area (Å²) in [6.45, 7) is 2.37. The number of hydrogen-bond acceptors (Lipinski definition) is 3. The van der Waals surface area contributed by atoms with E-state index >= 15 is 0 Å². The molecule has 0 saturated heterocycles. The van der Waals surface area contributed by atoms with Crippen molar-refractivity contribution in [3.8, 4) is 45.0 Å². The molecule has 238 valence electrons. The van der Waals surface area contributed by atoms with E-state index in [0.29, 0.717) is 11.6 Å². The molecule has 0 aliphatic heterocycles. The van der Waals surface area contributed by atoms with E-state index in [4.69, 9.17) is 15.0 Å². The standard InChI is InChI=1S/C47H35N3/c1-47(39-23-9-4-10-24-39)42-26-12-11-25-40(42)41-28-27-37(31-43(41)47)35-20-13-19-34(29-35)36-21-14-22-38(30-36)46-49-44(32-15-5-2-6-16-32)48-45(50-46)33-17-7-3-8-18-33/h2-13,15-21,23-31H,14,22H2,1H3. The van der Waals surface area contributed by atoms with Crippen LogP contribution in [0.1, 0.15) is 47.8 Å². The third kappa shape index (κ3) is 5.19. The summed E-state index contributed by atoms with van der Waals surface area (Å²) in [4.78, 5) is 14.9. The molecule has 0 amide bonds. The second-order valence-electron chi connectivity index (χ2n) is 13.3. The number of allylic oxidation sites excluding steroid dienone is 4. The van der Waals surface area contributed by atoms with Crippen LogP contribution in [0.15, 0.2) is 170 Å². The van der Waals surface area contributed by atoms with Gasteiger partial charge in [0.2, 0.25) is 0 Å². The SMILES string of the molecule is CC1(c2ccccc2)c2ccccc2-c2ccc(-c3cccc(C4=CCCC(c5nc(-c6ccccc6)nc(-c6ccccc6)n5)=C4)c3)cc21. The molecule has 3 nitrogen and oxygen atoms in total. The van der Waals surface area contributed by atoms with Crippen LogP contribution in [0.4, 0.5) is 0 Å². The molecule has 0 radical (unpaired) electrons.